The first-order valence-electron chi connectivity index (χ1n) is 6.48. The Kier molecular flexibility index (Phi) is 4.28. The molecular formula is C17H16F2O. The second-order valence-electron chi connectivity index (χ2n) is 5.04. The summed E-state index contributed by atoms with van der Waals surface area (Å²) in [4.78, 5) is 12.0. The smallest absolute Gasteiger partial charge is 0.162 e. The average Bonchev–Trinajstić information content (AvgIpc) is 2.39. The Morgan fingerprint density at radius 2 is 1.70 bits per heavy atom. The van der Waals surface area contributed by atoms with Gasteiger partial charge in [-0.05, 0) is 36.6 Å². The predicted molar refractivity (Wildman–Crippen MR) is 74.7 cm³/mol. The van der Waals surface area contributed by atoms with Crippen LogP contribution in [0.2, 0.25) is 0 Å². The SMILES string of the molecule is Cc1ccc(C)c(CC(=O)Cc2cccc(F)c2F)c1. The van der Waals surface area contributed by atoms with Crippen molar-refractivity contribution in [2.75, 3.05) is 0 Å². The fourth-order valence-electron chi connectivity index (χ4n) is 2.16. The number of Topliss-reactive ketones (excluding diaryl/α,β-unsaturated/α-hetero) is 1. The van der Waals surface area contributed by atoms with Crippen LogP contribution in [0.1, 0.15) is 22.3 Å². The Morgan fingerprint density at radius 1 is 1.00 bits per heavy atom. The molecule has 0 spiro atoms. The third-order valence-corrected chi connectivity index (χ3v) is 3.31. The van der Waals surface area contributed by atoms with Gasteiger partial charge in [0.05, 0.1) is 0 Å². The highest BCUT2D eigenvalue weighted by molar-refractivity contribution is 5.83. The van der Waals surface area contributed by atoms with Gasteiger partial charge >= 0.3 is 0 Å². The molecule has 0 fully saturated rings. The maximum Gasteiger partial charge on any atom is 0.162 e. The Hall–Kier alpha value is -2.03. The predicted octanol–water partition coefficient (Wildman–Crippen LogP) is 3.94. The summed E-state index contributed by atoms with van der Waals surface area (Å²) in [6.45, 7) is 3.89. The van der Waals surface area contributed by atoms with E-state index >= 15 is 0 Å². The molecule has 0 N–H and O–H groups in total. The number of carbonyl (C=O) groups is 1. The van der Waals surface area contributed by atoms with Crippen molar-refractivity contribution in [3.8, 4) is 0 Å². The van der Waals surface area contributed by atoms with Crippen LogP contribution in [0.5, 0.6) is 0 Å². The number of carbonyl (C=O) groups excluding carboxylic acids is 1. The molecule has 0 saturated carbocycles. The monoisotopic (exact) mass is 274 g/mol. The minimum Gasteiger partial charge on any atom is -0.299 e. The van der Waals surface area contributed by atoms with Crippen LogP contribution in [-0.2, 0) is 17.6 Å². The first-order chi connectivity index (χ1) is 9.47. The van der Waals surface area contributed by atoms with Gasteiger partial charge in [0, 0.05) is 12.8 Å². The van der Waals surface area contributed by atoms with E-state index in [2.05, 4.69) is 0 Å². The Balaban J connectivity index is 2.13. The first kappa shape index (κ1) is 14.4. The summed E-state index contributed by atoms with van der Waals surface area (Å²) in [5.41, 5.74) is 3.16. The highest BCUT2D eigenvalue weighted by Crippen LogP contribution is 2.15. The number of rotatable bonds is 4. The third-order valence-electron chi connectivity index (χ3n) is 3.31. The summed E-state index contributed by atoms with van der Waals surface area (Å²) in [5.74, 6) is -1.97. The second-order valence-corrected chi connectivity index (χ2v) is 5.04. The van der Waals surface area contributed by atoms with Gasteiger partial charge in [-0.1, -0.05) is 35.9 Å². The number of aryl methyl sites for hydroxylation is 2. The lowest BCUT2D eigenvalue weighted by atomic mass is 9.98. The zero-order valence-corrected chi connectivity index (χ0v) is 11.5. The topological polar surface area (TPSA) is 17.1 Å². The van der Waals surface area contributed by atoms with E-state index in [0.29, 0.717) is 0 Å². The van der Waals surface area contributed by atoms with E-state index in [4.69, 9.17) is 0 Å². The van der Waals surface area contributed by atoms with Gasteiger partial charge < -0.3 is 0 Å². The van der Waals surface area contributed by atoms with Gasteiger partial charge in [-0.2, -0.15) is 0 Å². The van der Waals surface area contributed by atoms with Crippen molar-refractivity contribution in [3.63, 3.8) is 0 Å². The standard InChI is InChI=1S/C17H16F2O/c1-11-6-7-12(2)14(8-11)10-15(20)9-13-4-3-5-16(18)17(13)19/h3-8H,9-10H2,1-2H3. The van der Waals surface area contributed by atoms with Crippen molar-refractivity contribution in [1.82, 2.24) is 0 Å². The molecule has 2 rings (SSSR count). The quantitative estimate of drug-likeness (QED) is 0.825. The Bertz CT molecular complexity index is 641. The highest BCUT2D eigenvalue weighted by Gasteiger charge is 2.13. The van der Waals surface area contributed by atoms with Gasteiger partial charge in [0.1, 0.15) is 5.78 Å². The molecule has 1 nitrogen and oxygen atoms in total. The maximum absolute atomic E-state index is 13.5. The second kappa shape index (κ2) is 5.95. The molecule has 0 aliphatic rings. The normalized spacial score (nSPS) is 10.6. The van der Waals surface area contributed by atoms with Crippen molar-refractivity contribution in [2.24, 2.45) is 0 Å². The molecule has 0 aromatic heterocycles. The molecule has 0 saturated heterocycles. The zero-order valence-electron chi connectivity index (χ0n) is 11.5. The maximum atomic E-state index is 13.5. The van der Waals surface area contributed by atoms with E-state index in [1.165, 1.54) is 12.1 Å². The minimum atomic E-state index is -0.929. The van der Waals surface area contributed by atoms with E-state index in [0.717, 1.165) is 22.8 Å². The largest absolute Gasteiger partial charge is 0.299 e. The van der Waals surface area contributed by atoms with Crippen LogP contribution in [0.15, 0.2) is 36.4 Å². The fraction of sp³-hybridized carbons (Fsp3) is 0.235. The lowest BCUT2D eigenvalue weighted by Gasteiger charge is -2.07. The fourth-order valence-corrected chi connectivity index (χ4v) is 2.16. The zero-order chi connectivity index (χ0) is 14.7. The number of ketones is 1. The summed E-state index contributed by atoms with van der Waals surface area (Å²) in [5, 5.41) is 0. The molecule has 0 radical (unpaired) electrons. The molecule has 20 heavy (non-hydrogen) atoms. The summed E-state index contributed by atoms with van der Waals surface area (Å²) < 4.78 is 26.6. The van der Waals surface area contributed by atoms with Crippen molar-refractivity contribution in [3.05, 3.63) is 70.3 Å². The molecule has 3 heteroatoms. The number of hydrogen-bond donors (Lipinski definition) is 0. The van der Waals surface area contributed by atoms with Crippen molar-refractivity contribution >= 4 is 5.78 Å². The lowest BCUT2D eigenvalue weighted by molar-refractivity contribution is -0.117. The number of hydrogen-bond acceptors (Lipinski definition) is 1. The van der Waals surface area contributed by atoms with Gasteiger partial charge in [0.2, 0.25) is 0 Å². The van der Waals surface area contributed by atoms with E-state index in [1.54, 1.807) is 0 Å². The van der Waals surface area contributed by atoms with Crippen LogP contribution >= 0.6 is 0 Å². The van der Waals surface area contributed by atoms with Crippen LogP contribution in [0.4, 0.5) is 8.78 Å². The number of benzene rings is 2. The third kappa shape index (κ3) is 3.29. The molecule has 104 valence electrons. The van der Waals surface area contributed by atoms with Gasteiger partial charge in [0.15, 0.2) is 11.6 Å². The van der Waals surface area contributed by atoms with E-state index in [9.17, 15) is 13.6 Å². The molecule has 0 aliphatic carbocycles. The van der Waals surface area contributed by atoms with Gasteiger partial charge in [0.25, 0.3) is 0 Å². The molecule has 2 aromatic rings. The molecule has 0 bridgehead atoms. The molecule has 0 aliphatic heterocycles. The van der Waals surface area contributed by atoms with Crippen LogP contribution in [0, 0.1) is 25.5 Å². The highest BCUT2D eigenvalue weighted by atomic mass is 19.2. The first-order valence-corrected chi connectivity index (χ1v) is 6.48. The molecular weight excluding hydrogens is 258 g/mol. The van der Waals surface area contributed by atoms with E-state index in [-0.39, 0.29) is 24.2 Å². The average molecular weight is 274 g/mol. The molecule has 0 amide bonds. The minimum absolute atomic E-state index is 0.0863. The number of halogens is 2. The van der Waals surface area contributed by atoms with Crippen LogP contribution in [-0.4, -0.2) is 5.78 Å². The van der Waals surface area contributed by atoms with Crippen LogP contribution in [0.3, 0.4) is 0 Å². The summed E-state index contributed by atoms with van der Waals surface area (Å²) >= 11 is 0. The summed E-state index contributed by atoms with van der Waals surface area (Å²) in [6.07, 6.45) is 0.153. The summed E-state index contributed by atoms with van der Waals surface area (Å²) in [7, 11) is 0. The molecule has 0 heterocycles. The van der Waals surface area contributed by atoms with E-state index in [1.807, 2.05) is 32.0 Å². The van der Waals surface area contributed by atoms with Crippen LogP contribution < -0.4 is 0 Å². The van der Waals surface area contributed by atoms with Crippen molar-refractivity contribution < 1.29 is 13.6 Å². The van der Waals surface area contributed by atoms with Crippen LogP contribution in [0.25, 0.3) is 0 Å². The Labute approximate surface area is 117 Å². The van der Waals surface area contributed by atoms with Crippen molar-refractivity contribution in [1.29, 1.82) is 0 Å². The van der Waals surface area contributed by atoms with Gasteiger partial charge in [-0.3, -0.25) is 4.79 Å². The van der Waals surface area contributed by atoms with Gasteiger partial charge in [-0.15, -0.1) is 0 Å². The van der Waals surface area contributed by atoms with Crippen molar-refractivity contribution in [2.45, 2.75) is 26.7 Å². The Morgan fingerprint density at radius 3 is 2.45 bits per heavy atom. The lowest BCUT2D eigenvalue weighted by Crippen LogP contribution is -2.09. The summed E-state index contributed by atoms with van der Waals surface area (Å²) in [6, 6.07) is 9.80. The molecule has 0 atom stereocenters. The van der Waals surface area contributed by atoms with Gasteiger partial charge in [-0.25, -0.2) is 8.78 Å². The molecule has 0 unspecified atom stereocenters. The molecule has 2 aromatic carbocycles. The van der Waals surface area contributed by atoms with E-state index < -0.39 is 11.6 Å².